The number of nitrogens with zero attached hydrogens (tertiary/aromatic N) is 2. The molecule has 1 aromatic heterocycles. The minimum absolute atomic E-state index is 0.103. The summed E-state index contributed by atoms with van der Waals surface area (Å²) in [6.45, 7) is 3.87. The number of hydrogen-bond acceptors (Lipinski definition) is 3. The van der Waals surface area contributed by atoms with Gasteiger partial charge in [-0.25, -0.2) is 4.98 Å². The van der Waals surface area contributed by atoms with Crippen molar-refractivity contribution in [3.63, 3.8) is 0 Å². The van der Waals surface area contributed by atoms with Crippen LogP contribution in [0.25, 0.3) is 0 Å². The van der Waals surface area contributed by atoms with Gasteiger partial charge in [-0.2, -0.15) is 0 Å². The highest BCUT2D eigenvalue weighted by molar-refractivity contribution is 9.10. The molecular formula is C13H15BrN4O. The van der Waals surface area contributed by atoms with Crippen LogP contribution in [0.5, 0.6) is 0 Å². The molecule has 2 aromatic rings. The minimum atomic E-state index is -0.275. The molecule has 1 unspecified atom stereocenters. The maximum Gasteiger partial charge on any atom is 0.291 e. The molecule has 5 nitrogen and oxygen atoms in total. The van der Waals surface area contributed by atoms with Crippen molar-refractivity contribution in [2.75, 3.05) is 0 Å². The van der Waals surface area contributed by atoms with Crippen LogP contribution in [0.15, 0.2) is 28.7 Å². The maximum absolute atomic E-state index is 12.0. The normalized spacial score (nSPS) is 12.2. The number of aryl methyl sites for hydroxylation is 1. The molecule has 19 heavy (non-hydrogen) atoms. The Balaban J connectivity index is 2.06. The third kappa shape index (κ3) is 3.41. The lowest BCUT2D eigenvalue weighted by molar-refractivity contribution is 0.0929. The van der Waals surface area contributed by atoms with E-state index >= 15 is 0 Å². The molecule has 0 saturated carbocycles. The topological polar surface area (TPSA) is 70.7 Å². The largest absolute Gasteiger partial charge is 0.343 e. The lowest BCUT2D eigenvalue weighted by Crippen LogP contribution is -2.27. The Morgan fingerprint density at radius 1 is 1.53 bits per heavy atom. The van der Waals surface area contributed by atoms with E-state index in [1.54, 1.807) is 0 Å². The Morgan fingerprint density at radius 3 is 2.95 bits per heavy atom. The number of halogens is 1. The van der Waals surface area contributed by atoms with Crippen LogP contribution in [0.3, 0.4) is 0 Å². The first-order valence-electron chi connectivity index (χ1n) is 6.07. The van der Waals surface area contributed by atoms with E-state index in [0.717, 1.165) is 16.5 Å². The fourth-order valence-corrected chi connectivity index (χ4v) is 2.09. The Kier molecular flexibility index (Phi) is 4.31. The Morgan fingerprint density at radius 2 is 2.32 bits per heavy atom. The van der Waals surface area contributed by atoms with Crippen molar-refractivity contribution in [3.8, 4) is 0 Å². The number of nitrogens with one attached hydrogen (secondary N) is 2. The van der Waals surface area contributed by atoms with Crippen molar-refractivity contribution in [1.29, 1.82) is 0 Å². The molecule has 0 saturated heterocycles. The second-order valence-electron chi connectivity index (χ2n) is 4.21. The van der Waals surface area contributed by atoms with Gasteiger partial charge in [-0.05, 0) is 24.6 Å². The van der Waals surface area contributed by atoms with Crippen LogP contribution in [-0.4, -0.2) is 21.1 Å². The van der Waals surface area contributed by atoms with E-state index < -0.39 is 0 Å². The number of hydrogen-bond donors (Lipinski definition) is 2. The molecule has 0 fully saturated rings. The van der Waals surface area contributed by atoms with E-state index in [4.69, 9.17) is 0 Å². The van der Waals surface area contributed by atoms with Gasteiger partial charge < -0.3 is 5.32 Å². The first kappa shape index (κ1) is 13.7. The van der Waals surface area contributed by atoms with E-state index in [2.05, 4.69) is 36.4 Å². The summed E-state index contributed by atoms with van der Waals surface area (Å²) in [5.74, 6) is 0.613. The molecule has 6 heteroatoms. The summed E-state index contributed by atoms with van der Waals surface area (Å²) in [4.78, 5) is 16.1. The monoisotopic (exact) mass is 322 g/mol. The lowest BCUT2D eigenvalue weighted by atomic mass is 10.1. The smallest absolute Gasteiger partial charge is 0.291 e. The van der Waals surface area contributed by atoms with Gasteiger partial charge in [0.2, 0.25) is 5.82 Å². The highest BCUT2D eigenvalue weighted by Gasteiger charge is 2.15. The first-order chi connectivity index (χ1) is 9.10. The van der Waals surface area contributed by atoms with Crippen LogP contribution in [-0.2, 0) is 6.42 Å². The van der Waals surface area contributed by atoms with Gasteiger partial charge in [-0.1, -0.05) is 35.0 Å². The van der Waals surface area contributed by atoms with E-state index in [9.17, 15) is 4.79 Å². The van der Waals surface area contributed by atoms with Crippen molar-refractivity contribution in [1.82, 2.24) is 20.5 Å². The molecule has 0 aliphatic rings. The zero-order valence-electron chi connectivity index (χ0n) is 10.8. The molecule has 1 aromatic carbocycles. The quantitative estimate of drug-likeness (QED) is 0.909. The second-order valence-corrected chi connectivity index (χ2v) is 5.13. The number of aromatic nitrogens is 3. The molecule has 0 spiro atoms. The Labute approximate surface area is 120 Å². The minimum Gasteiger partial charge on any atom is -0.343 e. The zero-order valence-corrected chi connectivity index (χ0v) is 12.4. The first-order valence-corrected chi connectivity index (χ1v) is 6.87. The number of amides is 1. The average molecular weight is 323 g/mol. The number of rotatable bonds is 4. The molecular weight excluding hydrogens is 308 g/mol. The van der Waals surface area contributed by atoms with Crippen molar-refractivity contribution in [2.24, 2.45) is 0 Å². The third-order valence-electron chi connectivity index (χ3n) is 2.77. The van der Waals surface area contributed by atoms with Gasteiger partial charge >= 0.3 is 0 Å². The number of carbonyl (C=O) groups is 1. The fraction of sp³-hybridized carbons (Fsp3) is 0.308. The van der Waals surface area contributed by atoms with Gasteiger partial charge in [0.1, 0.15) is 5.82 Å². The summed E-state index contributed by atoms with van der Waals surface area (Å²) in [7, 11) is 0. The molecule has 100 valence electrons. The summed E-state index contributed by atoms with van der Waals surface area (Å²) in [6, 6.07) is 7.71. The van der Waals surface area contributed by atoms with Crippen LogP contribution in [0.2, 0.25) is 0 Å². The number of benzene rings is 1. The fourth-order valence-electron chi connectivity index (χ4n) is 1.68. The molecule has 1 amide bonds. The van der Waals surface area contributed by atoms with Crippen LogP contribution in [0.4, 0.5) is 0 Å². The predicted octanol–water partition coefficient (Wildman–Crippen LogP) is 2.62. The van der Waals surface area contributed by atoms with Crippen LogP contribution in [0, 0.1) is 0 Å². The van der Waals surface area contributed by atoms with Crippen LogP contribution in [0.1, 0.15) is 41.9 Å². The standard InChI is InChI=1S/C13H15BrN4O/c1-3-11-16-12(18-17-11)13(19)15-8(2)9-5-4-6-10(14)7-9/h4-8H,3H2,1-2H3,(H,15,19)(H,16,17,18). The van der Waals surface area contributed by atoms with Gasteiger partial charge in [-0.3, -0.25) is 9.89 Å². The van der Waals surface area contributed by atoms with Crippen molar-refractivity contribution < 1.29 is 4.79 Å². The SMILES string of the molecule is CCc1nc(C(=O)NC(C)c2cccc(Br)c2)n[nH]1. The van der Waals surface area contributed by atoms with E-state index in [-0.39, 0.29) is 17.8 Å². The number of carbonyl (C=O) groups excluding carboxylic acids is 1. The van der Waals surface area contributed by atoms with Gasteiger partial charge in [0.15, 0.2) is 0 Å². The van der Waals surface area contributed by atoms with Crippen molar-refractivity contribution in [2.45, 2.75) is 26.3 Å². The van der Waals surface area contributed by atoms with Crippen LogP contribution < -0.4 is 5.32 Å². The van der Waals surface area contributed by atoms with Gasteiger partial charge in [0.05, 0.1) is 6.04 Å². The van der Waals surface area contributed by atoms with E-state index in [1.165, 1.54) is 0 Å². The summed E-state index contributed by atoms with van der Waals surface area (Å²) >= 11 is 3.41. The Hall–Kier alpha value is -1.69. The van der Waals surface area contributed by atoms with Gasteiger partial charge in [0, 0.05) is 10.9 Å². The van der Waals surface area contributed by atoms with E-state index in [0.29, 0.717) is 5.82 Å². The number of aromatic amines is 1. The second kappa shape index (κ2) is 5.97. The predicted molar refractivity (Wildman–Crippen MR) is 75.8 cm³/mol. The van der Waals surface area contributed by atoms with Crippen LogP contribution >= 0.6 is 15.9 Å². The molecule has 2 N–H and O–H groups in total. The maximum atomic E-state index is 12.0. The summed E-state index contributed by atoms with van der Waals surface area (Å²) in [5.41, 5.74) is 1.02. The van der Waals surface area contributed by atoms with Crippen molar-refractivity contribution >= 4 is 21.8 Å². The van der Waals surface area contributed by atoms with Crippen molar-refractivity contribution in [3.05, 3.63) is 46.0 Å². The summed E-state index contributed by atoms with van der Waals surface area (Å²) in [5, 5.41) is 9.50. The highest BCUT2D eigenvalue weighted by atomic mass is 79.9. The molecule has 2 rings (SSSR count). The van der Waals surface area contributed by atoms with Gasteiger partial charge in [-0.15, -0.1) is 5.10 Å². The summed E-state index contributed by atoms with van der Waals surface area (Å²) < 4.78 is 0.984. The van der Waals surface area contributed by atoms with Gasteiger partial charge in [0.25, 0.3) is 5.91 Å². The Bertz CT molecular complexity index is 582. The highest BCUT2D eigenvalue weighted by Crippen LogP contribution is 2.17. The summed E-state index contributed by atoms with van der Waals surface area (Å²) in [6.07, 6.45) is 0.724. The molecule has 0 radical (unpaired) electrons. The van der Waals surface area contributed by atoms with E-state index in [1.807, 2.05) is 38.1 Å². The lowest BCUT2D eigenvalue weighted by Gasteiger charge is -2.13. The molecule has 0 bridgehead atoms. The average Bonchev–Trinajstić information content (AvgIpc) is 2.87. The molecule has 1 heterocycles. The molecule has 0 aliphatic carbocycles. The number of H-pyrrole nitrogens is 1. The third-order valence-corrected chi connectivity index (χ3v) is 3.26. The zero-order chi connectivity index (χ0) is 13.8. The molecule has 1 atom stereocenters. The molecule has 0 aliphatic heterocycles.